The summed E-state index contributed by atoms with van der Waals surface area (Å²) in [6.45, 7) is 2.86. The Hall–Kier alpha value is -2.21. The topological polar surface area (TPSA) is 48.0 Å². The maximum Gasteiger partial charge on any atom is 0.254 e. The monoisotopic (exact) mass is 407 g/mol. The Bertz CT molecular complexity index is 748. The minimum Gasteiger partial charge on any atom is -0.496 e. The zero-order valence-corrected chi connectivity index (χ0v) is 16.4. The molecule has 0 radical (unpaired) electrons. The lowest BCUT2D eigenvalue weighted by Gasteiger charge is -2.20. The van der Waals surface area contributed by atoms with E-state index in [4.69, 9.17) is 14.2 Å². The summed E-state index contributed by atoms with van der Waals surface area (Å²) in [4.78, 5) is 14.4. The summed E-state index contributed by atoms with van der Waals surface area (Å²) in [5.41, 5.74) is 1.46. The molecule has 0 aliphatic carbocycles. The largest absolute Gasteiger partial charge is 0.496 e. The molecule has 0 heterocycles. The lowest BCUT2D eigenvalue weighted by molar-refractivity contribution is 0.0783. The number of hydrogen-bond donors (Lipinski definition) is 0. The summed E-state index contributed by atoms with van der Waals surface area (Å²) in [5, 5.41) is 0. The molecule has 0 saturated carbocycles. The van der Waals surface area contributed by atoms with Gasteiger partial charge in [-0.25, -0.2) is 0 Å². The van der Waals surface area contributed by atoms with Crippen LogP contribution in [0.5, 0.6) is 17.2 Å². The van der Waals surface area contributed by atoms with Crippen molar-refractivity contribution in [2.75, 3.05) is 27.9 Å². The van der Waals surface area contributed by atoms with Crippen molar-refractivity contribution < 1.29 is 19.0 Å². The third-order valence-electron chi connectivity index (χ3n) is 3.71. The van der Waals surface area contributed by atoms with Gasteiger partial charge in [0.05, 0.1) is 20.8 Å². The molecule has 6 heteroatoms. The van der Waals surface area contributed by atoms with Crippen LogP contribution in [0.25, 0.3) is 0 Å². The number of carbonyl (C=O) groups excluding carboxylic acids is 1. The van der Waals surface area contributed by atoms with E-state index in [1.165, 1.54) is 0 Å². The maximum absolute atomic E-state index is 12.7. The first kappa shape index (κ1) is 19.1. The van der Waals surface area contributed by atoms with E-state index in [1.54, 1.807) is 44.4 Å². The molecule has 2 aromatic carbocycles. The molecular formula is C19H22BrNO4. The fourth-order valence-corrected chi connectivity index (χ4v) is 2.90. The lowest BCUT2D eigenvalue weighted by Crippen LogP contribution is -2.26. The summed E-state index contributed by atoms with van der Waals surface area (Å²) in [5.74, 6) is 1.80. The molecule has 0 unspecified atom stereocenters. The number of amides is 1. The summed E-state index contributed by atoms with van der Waals surface area (Å²) >= 11 is 3.45. The molecule has 5 nitrogen and oxygen atoms in total. The molecule has 0 aromatic heterocycles. The van der Waals surface area contributed by atoms with Gasteiger partial charge in [0.2, 0.25) is 0 Å². The van der Waals surface area contributed by atoms with E-state index in [9.17, 15) is 4.79 Å². The van der Waals surface area contributed by atoms with Crippen LogP contribution in [0.4, 0.5) is 0 Å². The van der Waals surface area contributed by atoms with Crippen LogP contribution in [0.2, 0.25) is 0 Å². The molecule has 1 amide bonds. The van der Waals surface area contributed by atoms with Gasteiger partial charge in [-0.15, -0.1) is 0 Å². The first-order chi connectivity index (χ1) is 12.0. The molecule has 2 rings (SSSR count). The average Bonchev–Trinajstić information content (AvgIpc) is 2.61. The molecule has 0 bridgehead atoms. The van der Waals surface area contributed by atoms with E-state index < -0.39 is 0 Å². The predicted molar refractivity (Wildman–Crippen MR) is 101 cm³/mol. The van der Waals surface area contributed by atoms with Gasteiger partial charge in [0.25, 0.3) is 5.91 Å². The number of methoxy groups -OCH3 is 2. The van der Waals surface area contributed by atoms with E-state index in [2.05, 4.69) is 15.9 Å². The highest BCUT2D eigenvalue weighted by Crippen LogP contribution is 2.29. The highest BCUT2D eigenvalue weighted by Gasteiger charge is 2.17. The number of benzene rings is 2. The van der Waals surface area contributed by atoms with Gasteiger partial charge in [0, 0.05) is 29.2 Å². The van der Waals surface area contributed by atoms with Crippen molar-refractivity contribution in [1.82, 2.24) is 4.90 Å². The van der Waals surface area contributed by atoms with Crippen LogP contribution < -0.4 is 14.2 Å². The van der Waals surface area contributed by atoms with Gasteiger partial charge < -0.3 is 19.1 Å². The molecule has 2 aromatic rings. The van der Waals surface area contributed by atoms with Gasteiger partial charge in [-0.1, -0.05) is 15.9 Å². The van der Waals surface area contributed by atoms with Gasteiger partial charge in [-0.3, -0.25) is 4.79 Å². The Morgan fingerprint density at radius 2 is 1.72 bits per heavy atom. The van der Waals surface area contributed by atoms with Crippen LogP contribution in [-0.2, 0) is 6.54 Å². The number of hydrogen-bond acceptors (Lipinski definition) is 4. The van der Waals surface area contributed by atoms with Crippen molar-refractivity contribution >= 4 is 21.8 Å². The van der Waals surface area contributed by atoms with E-state index in [1.807, 2.05) is 25.1 Å². The van der Waals surface area contributed by atoms with E-state index in [0.717, 1.165) is 15.8 Å². The molecular weight excluding hydrogens is 386 g/mol. The SMILES string of the molecule is CCOc1ccc(C(=O)N(C)Cc2cc(Br)ccc2OC)cc1OC. The second-order valence-corrected chi connectivity index (χ2v) is 6.33. The fraction of sp³-hybridized carbons (Fsp3) is 0.316. The summed E-state index contributed by atoms with van der Waals surface area (Å²) < 4.78 is 17.1. The van der Waals surface area contributed by atoms with Gasteiger partial charge in [-0.2, -0.15) is 0 Å². The molecule has 0 N–H and O–H groups in total. The van der Waals surface area contributed by atoms with Crippen molar-refractivity contribution in [2.24, 2.45) is 0 Å². The molecule has 0 atom stereocenters. The lowest BCUT2D eigenvalue weighted by atomic mass is 10.1. The smallest absolute Gasteiger partial charge is 0.254 e. The fourth-order valence-electron chi connectivity index (χ4n) is 2.49. The molecule has 0 fully saturated rings. The number of carbonyl (C=O) groups is 1. The van der Waals surface area contributed by atoms with Crippen molar-refractivity contribution in [2.45, 2.75) is 13.5 Å². The Kier molecular flexibility index (Phi) is 6.70. The van der Waals surface area contributed by atoms with Crippen LogP contribution in [0.1, 0.15) is 22.8 Å². The van der Waals surface area contributed by atoms with Gasteiger partial charge >= 0.3 is 0 Å². The van der Waals surface area contributed by atoms with Gasteiger partial charge in [0.15, 0.2) is 11.5 Å². The Balaban J connectivity index is 2.21. The number of ether oxygens (including phenoxy) is 3. The summed E-state index contributed by atoms with van der Waals surface area (Å²) in [6, 6.07) is 10.9. The zero-order valence-electron chi connectivity index (χ0n) is 14.8. The second kappa shape index (κ2) is 8.76. The normalized spacial score (nSPS) is 10.3. The quantitative estimate of drug-likeness (QED) is 0.691. The van der Waals surface area contributed by atoms with E-state index in [-0.39, 0.29) is 5.91 Å². The summed E-state index contributed by atoms with van der Waals surface area (Å²) in [6.07, 6.45) is 0. The van der Waals surface area contributed by atoms with Gasteiger partial charge in [0.1, 0.15) is 5.75 Å². The first-order valence-electron chi connectivity index (χ1n) is 7.88. The van der Waals surface area contributed by atoms with Gasteiger partial charge in [-0.05, 0) is 43.3 Å². The third-order valence-corrected chi connectivity index (χ3v) is 4.20. The van der Waals surface area contributed by atoms with Crippen molar-refractivity contribution in [3.05, 3.63) is 52.0 Å². The zero-order chi connectivity index (χ0) is 18.4. The average molecular weight is 408 g/mol. The Morgan fingerprint density at radius 1 is 1.04 bits per heavy atom. The molecule has 0 spiro atoms. The number of halogens is 1. The molecule has 0 aliphatic rings. The Labute approximate surface area is 156 Å². The highest BCUT2D eigenvalue weighted by atomic mass is 79.9. The van der Waals surface area contributed by atoms with Crippen LogP contribution >= 0.6 is 15.9 Å². The van der Waals surface area contributed by atoms with E-state index in [0.29, 0.717) is 30.2 Å². The summed E-state index contributed by atoms with van der Waals surface area (Å²) in [7, 11) is 4.93. The minimum absolute atomic E-state index is 0.108. The van der Waals surface area contributed by atoms with Crippen molar-refractivity contribution in [1.29, 1.82) is 0 Å². The highest BCUT2D eigenvalue weighted by molar-refractivity contribution is 9.10. The van der Waals surface area contributed by atoms with Crippen molar-refractivity contribution in [3.8, 4) is 17.2 Å². The second-order valence-electron chi connectivity index (χ2n) is 5.42. The van der Waals surface area contributed by atoms with Crippen LogP contribution in [0.3, 0.4) is 0 Å². The molecule has 0 saturated heterocycles. The standard InChI is InChI=1S/C19H22BrNO4/c1-5-25-17-8-6-13(11-18(17)24-4)19(22)21(2)12-14-10-15(20)7-9-16(14)23-3/h6-11H,5,12H2,1-4H3. The van der Waals surface area contributed by atoms with E-state index >= 15 is 0 Å². The molecule has 25 heavy (non-hydrogen) atoms. The maximum atomic E-state index is 12.7. The van der Waals surface area contributed by atoms with Crippen LogP contribution in [0, 0.1) is 0 Å². The van der Waals surface area contributed by atoms with Crippen LogP contribution in [0.15, 0.2) is 40.9 Å². The minimum atomic E-state index is -0.108. The van der Waals surface area contributed by atoms with Crippen molar-refractivity contribution in [3.63, 3.8) is 0 Å². The molecule has 0 aliphatic heterocycles. The predicted octanol–water partition coefficient (Wildman–Crippen LogP) is 4.14. The Morgan fingerprint density at radius 3 is 2.36 bits per heavy atom. The van der Waals surface area contributed by atoms with Crippen LogP contribution in [-0.4, -0.2) is 38.7 Å². The third kappa shape index (κ3) is 4.66. The molecule has 134 valence electrons. The first-order valence-corrected chi connectivity index (χ1v) is 8.68. The number of nitrogens with zero attached hydrogens (tertiary/aromatic N) is 1. The number of rotatable bonds is 7.